The van der Waals surface area contributed by atoms with Crippen LogP contribution >= 0.6 is 0 Å². The van der Waals surface area contributed by atoms with E-state index in [-0.39, 0.29) is 30.9 Å². The average molecular weight is 251 g/mol. The van der Waals surface area contributed by atoms with Gasteiger partial charge in [0.1, 0.15) is 5.75 Å². The lowest BCUT2D eigenvalue weighted by Gasteiger charge is -2.11. The number of aliphatic hydroxyl groups excluding tert-OH is 1. The number of carbonyl (C=O) groups excluding carboxylic acids is 2. The molecular formula is C13H17NO4. The summed E-state index contributed by atoms with van der Waals surface area (Å²) in [6.07, 6.45) is 0. The Morgan fingerprint density at radius 3 is 2.78 bits per heavy atom. The summed E-state index contributed by atoms with van der Waals surface area (Å²) >= 11 is 0. The number of aliphatic hydroxyl groups is 1. The van der Waals surface area contributed by atoms with E-state index in [0.717, 1.165) is 0 Å². The summed E-state index contributed by atoms with van der Waals surface area (Å²) in [6, 6.07) is 6.34. The van der Waals surface area contributed by atoms with Gasteiger partial charge in [0, 0.05) is 11.6 Å². The van der Waals surface area contributed by atoms with Gasteiger partial charge in [0.2, 0.25) is 0 Å². The Morgan fingerprint density at radius 1 is 1.44 bits per heavy atom. The normalized spacial score (nSPS) is 11.7. The van der Waals surface area contributed by atoms with Crippen molar-refractivity contribution in [2.45, 2.75) is 19.9 Å². The summed E-state index contributed by atoms with van der Waals surface area (Å²) in [5, 5.41) is 11.3. The highest BCUT2D eigenvalue weighted by Gasteiger charge is 2.07. The minimum atomic E-state index is -0.315. The molecule has 98 valence electrons. The number of ketones is 1. The van der Waals surface area contributed by atoms with Gasteiger partial charge in [-0.25, -0.2) is 0 Å². The Morgan fingerprint density at radius 2 is 2.17 bits per heavy atom. The smallest absolute Gasteiger partial charge is 0.258 e. The minimum Gasteiger partial charge on any atom is -0.484 e. The van der Waals surface area contributed by atoms with Crippen LogP contribution in [-0.4, -0.2) is 36.1 Å². The van der Waals surface area contributed by atoms with Crippen molar-refractivity contribution in [1.29, 1.82) is 0 Å². The molecule has 0 aliphatic heterocycles. The van der Waals surface area contributed by atoms with Gasteiger partial charge in [-0.15, -0.1) is 0 Å². The SMILES string of the molecule is CC(=O)c1cccc(OCC(=O)NC(C)CO)c1. The summed E-state index contributed by atoms with van der Waals surface area (Å²) < 4.78 is 5.26. The molecular weight excluding hydrogens is 234 g/mol. The molecule has 0 aromatic heterocycles. The van der Waals surface area contributed by atoms with Gasteiger partial charge in [-0.1, -0.05) is 12.1 Å². The van der Waals surface area contributed by atoms with Crippen molar-refractivity contribution in [3.8, 4) is 5.75 Å². The molecule has 1 atom stereocenters. The number of Topliss-reactive ketones (excluding diaryl/α,β-unsaturated/α-hetero) is 1. The van der Waals surface area contributed by atoms with Crippen LogP contribution in [0.2, 0.25) is 0 Å². The predicted molar refractivity (Wildman–Crippen MR) is 66.6 cm³/mol. The van der Waals surface area contributed by atoms with E-state index in [2.05, 4.69) is 5.32 Å². The molecule has 0 fully saturated rings. The van der Waals surface area contributed by atoms with Crippen LogP contribution in [0.3, 0.4) is 0 Å². The fourth-order valence-electron chi connectivity index (χ4n) is 1.32. The fourth-order valence-corrected chi connectivity index (χ4v) is 1.32. The van der Waals surface area contributed by atoms with Gasteiger partial charge in [-0.3, -0.25) is 9.59 Å². The van der Waals surface area contributed by atoms with Crippen molar-refractivity contribution in [2.24, 2.45) is 0 Å². The van der Waals surface area contributed by atoms with Gasteiger partial charge in [0.25, 0.3) is 5.91 Å². The first-order chi connectivity index (χ1) is 8.52. The van der Waals surface area contributed by atoms with Crippen LogP contribution in [0.25, 0.3) is 0 Å². The van der Waals surface area contributed by atoms with E-state index in [1.54, 1.807) is 31.2 Å². The predicted octanol–water partition coefficient (Wildman–Crippen LogP) is 0.765. The van der Waals surface area contributed by atoms with Gasteiger partial charge >= 0.3 is 0 Å². The highest BCUT2D eigenvalue weighted by molar-refractivity contribution is 5.94. The van der Waals surface area contributed by atoms with E-state index in [9.17, 15) is 9.59 Å². The largest absolute Gasteiger partial charge is 0.484 e. The number of hydrogen-bond acceptors (Lipinski definition) is 4. The Hall–Kier alpha value is -1.88. The topological polar surface area (TPSA) is 75.6 Å². The number of benzene rings is 1. The van der Waals surface area contributed by atoms with Crippen molar-refractivity contribution in [3.63, 3.8) is 0 Å². The van der Waals surface area contributed by atoms with Crippen molar-refractivity contribution >= 4 is 11.7 Å². The van der Waals surface area contributed by atoms with E-state index < -0.39 is 0 Å². The summed E-state index contributed by atoms with van der Waals surface area (Å²) in [4.78, 5) is 22.5. The van der Waals surface area contributed by atoms with Crippen LogP contribution in [0.1, 0.15) is 24.2 Å². The van der Waals surface area contributed by atoms with Crippen molar-refractivity contribution in [2.75, 3.05) is 13.2 Å². The second-order valence-corrected chi connectivity index (χ2v) is 4.02. The third-order valence-electron chi connectivity index (χ3n) is 2.29. The molecule has 5 nitrogen and oxygen atoms in total. The molecule has 0 bridgehead atoms. The van der Waals surface area contributed by atoms with Gasteiger partial charge in [-0.2, -0.15) is 0 Å². The van der Waals surface area contributed by atoms with Crippen LogP contribution in [0, 0.1) is 0 Å². The zero-order valence-corrected chi connectivity index (χ0v) is 10.5. The zero-order valence-electron chi connectivity index (χ0n) is 10.5. The standard InChI is InChI=1S/C13H17NO4/c1-9(7-15)14-13(17)8-18-12-5-3-4-11(6-12)10(2)16/h3-6,9,15H,7-8H2,1-2H3,(H,14,17). The van der Waals surface area contributed by atoms with Crippen molar-refractivity contribution < 1.29 is 19.4 Å². The molecule has 2 N–H and O–H groups in total. The Bertz CT molecular complexity index is 431. The maximum absolute atomic E-state index is 11.4. The second kappa shape index (κ2) is 6.76. The summed E-state index contributed by atoms with van der Waals surface area (Å²) in [7, 11) is 0. The molecule has 1 rings (SSSR count). The fraction of sp³-hybridized carbons (Fsp3) is 0.385. The van der Waals surface area contributed by atoms with E-state index in [1.165, 1.54) is 6.92 Å². The molecule has 1 aromatic rings. The van der Waals surface area contributed by atoms with Crippen LogP contribution in [0.15, 0.2) is 24.3 Å². The lowest BCUT2D eigenvalue weighted by Crippen LogP contribution is -2.38. The van der Waals surface area contributed by atoms with Crippen LogP contribution in [0.5, 0.6) is 5.75 Å². The van der Waals surface area contributed by atoms with Gasteiger partial charge < -0.3 is 15.2 Å². The highest BCUT2D eigenvalue weighted by atomic mass is 16.5. The van der Waals surface area contributed by atoms with E-state index in [0.29, 0.717) is 11.3 Å². The molecule has 0 heterocycles. The molecule has 5 heteroatoms. The molecule has 1 amide bonds. The van der Waals surface area contributed by atoms with Crippen LogP contribution in [-0.2, 0) is 4.79 Å². The van der Waals surface area contributed by atoms with E-state index >= 15 is 0 Å². The highest BCUT2D eigenvalue weighted by Crippen LogP contribution is 2.13. The minimum absolute atomic E-state index is 0.0567. The quantitative estimate of drug-likeness (QED) is 0.732. The van der Waals surface area contributed by atoms with Gasteiger partial charge in [-0.05, 0) is 26.0 Å². The Balaban J connectivity index is 2.50. The molecule has 18 heavy (non-hydrogen) atoms. The summed E-state index contributed by atoms with van der Waals surface area (Å²) in [5.74, 6) is 0.0954. The number of hydrogen-bond donors (Lipinski definition) is 2. The number of carbonyl (C=O) groups is 2. The number of ether oxygens (including phenoxy) is 1. The molecule has 0 saturated carbocycles. The van der Waals surface area contributed by atoms with Crippen molar-refractivity contribution in [3.05, 3.63) is 29.8 Å². The number of rotatable bonds is 6. The monoisotopic (exact) mass is 251 g/mol. The molecule has 0 aliphatic rings. The van der Waals surface area contributed by atoms with E-state index in [1.807, 2.05) is 0 Å². The Labute approximate surface area is 106 Å². The lowest BCUT2D eigenvalue weighted by molar-refractivity contribution is -0.123. The first kappa shape index (κ1) is 14.2. The third-order valence-corrected chi connectivity index (χ3v) is 2.29. The van der Waals surface area contributed by atoms with E-state index in [4.69, 9.17) is 9.84 Å². The first-order valence-electron chi connectivity index (χ1n) is 5.67. The van der Waals surface area contributed by atoms with Crippen LogP contribution in [0.4, 0.5) is 0 Å². The molecule has 1 aromatic carbocycles. The third kappa shape index (κ3) is 4.55. The van der Waals surface area contributed by atoms with Gasteiger partial charge in [0.05, 0.1) is 6.61 Å². The lowest BCUT2D eigenvalue weighted by atomic mass is 10.1. The second-order valence-electron chi connectivity index (χ2n) is 4.02. The molecule has 0 spiro atoms. The molecule has 0 aliphatic carbocycles. The molecule has 0 saturated heterocycles. The zero-order chi connectivity index (χ0) is 13.5. The maximum atomic E-state index is 11.4. The molecule has 0 radical (unpaired) electrons. The molecule has 1 unspecified atom stereocenters. The number of nitrogens with one attached hydrogen (secondary N) is 1. The average Bonchev–Trinajstić information content (AvgIpc) is 2.36. The Kier molecular flexibility index (Phi) is 5.32. The summed E-state index contributed by atoms with van der Waals surface area (Å²) in [6.45, 7) is 2.89. The number of amides is 1. The maximum Gasteiger partial charge on any atom is 0.258 e. The van der Waals surface area contributed by atoms with Gasteiger partial charge in [0.15, 0.2) is 12.4 Å². The summed E-state index contributed by atoms with van der Waals surface area (Å²) in [5.41, 5.74) is 0.539. The van der Waals surface area contributed by atoms with Crippen LogP contribution < -0.4 is 10.1 Å². The first-order valence-corrected chi connectivity index (χ1v) is 5.67. The van der Waals surface area contributed by atoms with Crippen molar-refractivity contribution in [1.82, 2.24) is 5.32 Å².